The maximum absolute atomic E-state index is 12.6. The van der Waals surface area contributed by atoms with Gasteiger partial charge in [0.05, 0.1) is 24.2 Å². The standard InChI is InChI=1S/C22H16ClN3O2/c1-28-15-8-10-19-17(12-15)16-11-14(7-9-18(16)24-25-19)26-21(20(23)22(26)27)13-5-3-2-4-6-13/h2-12,20-21H,1H3. The quantitative estimate of drug-likeness (QED) is 0.294. The first-order valence-corrected chi connectivity index (χ1v) is 9.37. The number of anilines is 1. The molecule has 28 heavy (non-hydrogen) atoms. The summed E-state index contributed by atoms with van der Waals surface area (Å²) in [5.41, 5.74) is 3.34. The molecule has 6 heteroatoms. The number of carbonyl (C=O) groups excluding carboxylic acids is 1. The fourth-order valence-corrected chi connectivity index (χ4v) is 4.10. The van der Waals surface area contributed by atoms with E-state index in [2.05, 4.69) is 10.2 Å². The van der Waals surface area contributed by atoms with Gasteiger partial charge in [-0.25, -0.2) is 0 Å². The van der Waals surface area contributed by atoms with Gasteiger partial charge in [0.2, 0.25) is 5.91 Å². The molecule has 2 atom stereocenters. The topological polar surface area (TPSA) is 55.3 Å². The van der Waals surface area contributed by atoms with Crippen molar-refractivity contribution in [3.8, 4) is 5.75 Å². The predicted octanol–water partition coefficient (Wildman–Crippen LogP) is 4.49. The Hall–Kier alpha value is -3.18. The lowest BCUT2D eigenvalue weighted by Gasteiger charge is -2.44. The minimum absolute atomic E-state index is 0.0984. The van der Waals surface area contributed by atoms with E-state index in [-0.39, 0.29) is 11.9 Å². The van der Waals surface area contributed by atoms with E-state index in [4.69, 9.17) is 16.3 Å². The molecule has 2 unspecified atom stereocenters. The van der Waals surface area contributed by atoms with E-state index in [1.165, 1.54) is 0 Å². The van der Waals surface area contributed by atoms with Crippen molar-refractivity contribution in [1.82, 2.24) is 10.2 Å². The Balaban J connectivity index is 1.66. The Bertz CT molecular complexity index is 1210. The third-order valence-electron chi connectivity index (χ3n) is 5.19. The number of nitrogens with zero attached hydrogens (tertiary/aromatic N) is 3. The molecule has 4 aromatic rings. The lowest BCUT2D eigenvalue weighted by atomic mass is 9.92. The predicted molar refractivity (Wildman–Crippen MR) is 110 cm³/mol. The highest BCUT2D eigenvalue weighted by Gasteiger charge is 2.47. The van der Waals surface area contributed by atoms with Gasteiger partial charge < -0.3 is 9.64 Å². The van der Waals surface area contributed by atoms with Gasteiger partial charge in [0.1, 0.15) is 11.1 Å². The zero-order valence-corrected chi connectivity index (χ0v) is 15.8. The molecule has 1 aliphatic heterocycles. The highest BCUT2D eigenvalue weighted by molar-refractivity contribution is 6.37. The summed E-state index contributed by atoms with van der Waals surface area (Å²) in [5.74, 6) is 0.647. The number of alkyl halides is 1. The molecule has 0 spiro atoms. The van der Waals surface area contributed by atoms with Gasteiger partial charge >= 0.3 is 0 Å². The van der Waals surface area contributed by atoms with Crippen molar-refractivity contribution >= 4 is 45.0 Å². The van der Waals surface area contributed by atoms with Crippen LogP contribution in [0, 0.1) is 0 Å². The molecule has 5 rings (SSSR count). The lowest BCUT2D eigenvalue weighted by molar-refractivity contribution is -0.123. The van der Waals surface area contributed by atoms with Gasteiger partial charge in [-0.1, -0.05) is 30.3 Å². The van der Waals surface area contributed by atoms with Crippen LogP contribution in [0.3, 0.4) is 0 Å². The summed E-state index contributed by atoms with van der Waals surface area (Å²) in [6, 6.07) is 21.1. The van der Waals surface area contributed by atoms with Crippen molar-refractivity contribution in [3.05, 3.63) is 72.3 Å². The van der Waals surface area contributed by atoms with E-state index in [1.54, 1.807) is 12.0 Å². The number of carbonyl (C=O) groups is 1. The Morgan fingerprint density at radius 3 is 2.32 bits per heavy atom. The third kappa shape index (κ3) is 2.51. The summed E-state index contributed by atoms with van der Waals surface area (Å²) in [5, 5.41) is 9.86. The number of methoxy groups -OCH3 is 1. The van der Waals surface area contributed by atoms with Crippen molar-refractivity contribution < 1.29 is 9.53 Å². The van der Waals surface area contributed by atoms with Gasteiger partial charge in [-0.3, -0.25) is 4.79 Å². The first kappa shape index (κ1) is 17.0. The van der Waals surface area contributed by atoms with Crippen LogP contribution in [0.25, 0.3) is 21.8 Å². The van der Waals surface area contributed by atoms with Crippen LogP contribution in [0.2, 0.25) is 0 Å². The summed E-state index contributed by atoms with van der Waals surface area (Å²) in [6.45, 7) is 0. The summed E-state index contributed by atoms with van der Waals surface area (Å²) in [7, 11) is 1.63. The van der Waals surface area contributed by atoms with Gasteiger partial charge in [0.15, 0.2) is 0 Å². The molecule has 1 aliphatic rings. The number of hydrogen-bond acceptors (Lipinski definition) is 4. The first-order chi connectivity index (χ1) is 13.7. The average Bonchev–Trinajstić information content (AvgIpc) is 2.76. The fraction of sp³-hybridized carbons (Fsp3) is 0.136. The molecule has 0 aliphatic carbocycles. The molecule has 1 aromatic heterocycles. The number of rotatable bonds is 3. The maximum Gasteiger partial charge on any atom is 0.248 e. The van der Waals surface area contributed by atoms with Gasteiger partial charge in [0.25, 0.3) is 0 Å². The Morgan fingerprint density at radius 2 is 1.61 bits per heavy atom. The van der Waals surface area contributed by atoms with Crippen molar-refractivity contribution in [2.24, 2.45) is 0 Å². The van der Waals surface area contributed by atoms with Crippen LogP contribution >= 0.6 is 11.6 Å². The van der Waals surface area contributed by atoms with Crippen molar-refractivity contribution in [3.63, 3.8) is 0 Å². The monoisotopic (exact) mass is 389 g/mol. The second kappa shape index (κ2) is 6.46. The normalized spacial score (nSPS) is 19.1. The summed E-state index contributed by atoms with van der Waals surface area (Å²) in [6.07, 6.45) is 0. The maximum atomic E-state index is 12.6. The molecular weight excluding hydrogens is 374 g/mol. The van der Waals surface area contributed by atoms with E-state index in [1.807, 2.05) is 66.7 Å². The molecule has 1 saturated heterocycles. The number of hydrogen-bond donors (Lipinski definition) is 0. The molecule has 0 radical (unpaired) electrons. The van der Waals surface area contributed by atoms with E-state index < -0.39 is 5.38 Å². The van der Waals surface area contributed by atoms with Gasteiger partial charge in [-0.05, 0) is 42.0 Å². The summed E-state index contributed by atoms with van der Waals surface area (Å²) < 4.78 is 5.36. The van der Waals surface area contributed by atoms with Crippen LogP contribution in [0.1, 0.15) is 11.6 Å². The largest absolute Gasteiger partial charge is 0.497 e. The second-order valence-corrected chi connectivity index (χ2v) is 7.22. The number of ether oxygens (including phenoxy) is 1. The molecule has 0 N–H and O–H groups in total. The highest BCUT2D eigenvalue weighted by atomic mass is 35.5. The Labute approximate surface area is 166 Å². The van der Waals surface area contributed by atoms with Gasteiger partial charge in [-0.15, -0.1) is 21.8 Å². The molecule has 0 saturated carbocycles. The Kier molecular flexibility index (Phi) is 3.91. The van der Waals surface area contributed by atoms with Gasteiger partial charge in [0, 0.05) is 16.5 Å². The number of benzene rings is 3. The molecule has 138 valence electrons. The van der Waals surface area contributed by atoms with Crippen LogP contribution in [-0.4, -0.2) is 28.6 Å². The number of aromatic nitrogens is 2. The van der Waals surface area contributed by atoms with Crippen LogP contribution in [0.4, 0.5) is 5.69 Å². The van der Waals surface area contributed by atoms with Crippen molar-refractivity contribution in [2.75, 3.05) is 12.0 Å². The van der Waals surface area contributed by atoms with Crippen LogP contribution in [-0.2, 0) is 4.79 Å². The molecule has 1 fully saturated rings. The molecular formula is C22H16ClN3O2. The zero-order valence-electron chi connectivity index (χ0n) is 15.0. The zero-order chi connectivity index (χ0) is 19.3. The summed E-state index contributed by atoms with van der Waals surface area (Å²) >= 11 is 6.37. The van der Waals surface area contributed by atoms with E-state index in [0.29, 0.717) is 0 Å². The van der Waals surface area contributed by atoms with E-state index in [9.17, 15) is 4.79 Å². The number of fused-ring (bicyclic) bond motifs is 3. The minimum atomic E-state index is -0.564. The van der Waals surface area contributed by atoms with E-state index in [0.717, 1.165) is 38.8 Å². The third-order valence-corrected chi connectivity index (χ3v) is 5.61. The second-order valence-electron chi connectivity index (χ2n) is 6.75. The Morgan fingerprint density at radius 1 is 0.929 bits per heavy atom. The van der Waals surface area contributed by atoms with Crippen molar-refractivity contribution in [2.45, 2.75) is 11.4 Å². The molecule has 0 bridgehead atoms. The molecule has 3 aromatic carbocycles. The van der Waals surface area contributed by atoms with Gasteiger partial charge in [-0.2, -0.15) is 0 Å². The highest BCUT2D eigenvalue weighted by Crippen LogP contribution is 2.43. The SMILES string of the molecule is COc1ccc2nnc3ccc(N4C(=O)C(Cl)C4c4ccccc4)cc3c2c1. The molecule has 1 amide bonds. The first-order valence-electron chi connectivity index (χ1n) is 8.93. The lowest BCUT2D eigenvalue weighted by Crippen LogP contribution is -2.56. The number of halogens is 1. The molecule has 2 heterocycles. The fourth-order valence-electron chi connectivity index (χ4n) is 3.74. The number of amides is 1. The van der Waals surface area contributed by atoms with Crippen LogP contribution in [0.5, 0.6) is 5.75 Å². The van der Waals surface area contributed by atoms with E-state index >= 15 is 0 Å². The van der Waals surface area contributed by atoms with Crippen molar-refractivity contribution in [1.29, 1.82) is 0 Å². The average molecular weight is 390 g/mol. The van der Waals surface area contributed by atoms with Crippen LogP contribution < -0.4 is 9.64 Å². The summed E-state index contributed by atoms with van der Waals surface area (Å²) in [4.78, 5) is 14.3. The smallest absolute Gasteiger partial charge is 0.248 e. The minimum Gasteiger partial charge on any atom is -0.497 e. The van der Waals surface area contributed by atoms with Crippen LogP contribution in [0.15, 0.2) is 66.7 Å². The molecule has 5 nitrogen and oxygen atoms in total. The number of β-lactam (4-membered cyclic amide) rings is 1.